The fourth-order valence-electron chi connectivity index (χ4n) is 4.00. The van der Waals surface area contributed by atoms with Crippen molar-refractivity contribution in [2.24, 2.45) is 5.41 Å². The van der Waals surface area contributed by atoms with E-state index in [-0.39, 0.29) is 35.6 Å². The second-order valence-electron chi connectivity index (χ2n) is 12.7. The van der Waals surface area contributed by atoms with Gasteiger partial charge in [0.25, 0.3) is 0 Å². The van der Waals surface area contributed by atoms with Gasteiger partial charge in [0.2, 0.25) is 0 Å². The summed E-state index contributed by atoms with van der Waals surface area (Å²) in [4.78, 5) is 0. The molecule has 0 heterocycles. The first-order chi connectivity index (χ1) is 16.1. The molecule has 3 aromatic carbocycles. The molecule has 0 nitrogen and oxygen atoms in total. The molecule has 3 aromatic rings. The molecule has 202 valence electrons. The molecule has 0 atom stereocenters. The molecule has 37 heavy (non-hydrogen) atoms. The van der Waals surface area contributed by atoms with E-state index in [0.29, 0.717) is 5.41 Å². The van der Waals surface area contributed by atoms with Crippen molar-refractivity contribution >= 4 is 24.8 Å². The maximum Gasteiger partial charge on any atom is -1.00 e. The fourth-order valence-corrected chi connectivity index (χ4v) is 4.00. The molecule has 0 bridgehead atoms. The summed E-state index contributed by atoms with van der Waals surface area (Å²) in [6.07, 6.45) is 9.81. The smallest absolute Gasteiger partial charge is 1.00 e. The predicted octanol–water partition coefficient (Wildman–Crippen LogP) is 4.17. The number of fused-ring (bicyclic) bond motifs is 3. The monoisotopic (exact) mass is 614 g/mol. The van der Waals surface area contributed by atoms with E-state index in [0.717, 1.165) is 6.42 Å². The summed E-state index contributed by atoms with van der Waals surface area (Å²) in [6.45, 7) is 24.7. The van der Waals surface area contributed by atoms with Crippen LogP contribution in [0.25, 0.3) is 21.5 Å². The van der Waals surface area contributed by atoms with Crippen molar-refractivity contribution in [1.29, 1.82) is 0 Å². The Morgan fingerprint density at radius 2 is 1.22 bits per heavy atom. The van der Waals surface area contributed by atoms with Crippen LogP contribution in [-0.4, -0.2) is 3.21 Å². The minimum Gasteiger partial charge on any atom is -1.00 e. The molecule has 1 aliphatic carbocycles. The average Bonchev–Trinajstić information content (AvgIpc) is 3.40. The maximum absolute atomic E-state index is 3.20. The Bertz CT molecular complexity index is 1150. The number of rotatable bonds is 2. The largest absolute Gasteiger partial charge is 1.00 e. The van der Waals surface area contributed by atoms with Crippen LogP contribution in [0, 0.1) is 11.5 Å². The molecular weight excluding hydrogens is 571 g/mol. The van der Waals surface area contributed by atoms with Gasteiger partial charge >= 0.3 is 41.3 Å². The minimum absolute atomic E-state index is 0. The molecule has 0 spiro atoms. The average molecular weight is 617 g/mol. The van der Waals surface area contributed by atoms with E-state index in [4.69, 9.17) is 0 Å². The van der Waals surface area contributed by atoms with E-state index in [1.54, 1.807) is 24.2 Å². The van der Waals surface area contributed by atoms with Gasteiger partial charge < -0.3 is 24.8 Å². The first-order valence-electron chi connectivity index (χ1n) is 13.0. The number of halogens is 2. The van der Waals surface area contributed by atoms with Crippen molar-refractivity contribution in [3.8, 4) is 0 Å². The summed E-state index contributed by atoms with van der Waals surface area (Å²) >= 11 is 1.55. The molecular formula is C34H46Cl2Zr-2. The van der Waals surface area contributed by atoms with Crippen molar-refractivity contribution in [3.63, 3.8) is 0 Å². The fraction of sp³-hybridized carbons (Fsp3) is 0.471. The summed E-state index contributed by atoms with van der Waals surface area (Å²) in [6, 6.07) is 16.1. The van der Waals surface area contributed by atoms with Crippen LogP contribution in [0.3, 0.4) is 0 Å². The van der Waals surface area contributed by atoms with E-state index >= 15 is 0 Å². The second-order valence-corrected chi connectivity index (χ2v) is 15.2. The zero-order chi connectivity index (χ0) is 26.6. The number of hydrogen-bond donors (Lipinski definition) is 0. The summed E-state index contributed by atoms with van der Waals surface area (Å²) in [7, 11) is 0. The van der Waals surface area contributed by atoms with Crippen molar-refractivity contribution < 1.29 is 49.0 Å². The zero-order valence-electron chi connectivity index (χ0n) is 24.9. The van der Waals surface area contributed by atoms with Crippen molar-refractivity contribution in [1.82, 2.24) is 0 Å². The van der Waals surface area contributed by atoms with Gasteiger partial charge in [0.15, 0.2) is 0 Å². The van der Waals surface area contributed by atoms with Gasteiger partial charge in [0.05, 0.1) is 0 Å². The third kappa shape index (κ3) is 10.3. The summed E-state index contributed by atoms with van der Waals surface area (Å²) < 4.78 is 1.51. The van der Waals surface area contributed by atoms with E-state index in [1.807, 2.05) is 0 Å². The molecule has 1 aliphatic rings. The summed E-state index contributed by atoms with van der Waals surface area (Å²) in [5, 5.41) is 5.49. The Kier molecular flexibility index (Phi) is 14.1. The molecule has 3 heteroatoms. The maximum atomic E-state index is 3.20. The molecule has 0 unspecified atom stereocenters. The van der Waals surface area contributed by atoms with E-state index in [2.05, 4.69) is 137 Å². The van der Waals surface area contributed by atoms with Crippen LogP contribution in [0.1, 0.15) is 100 Å². The molecule has 0 radical (unpaired) electrons. The molecule has 0 N–H and O–H groups in total. The molecule has 0 aliphatic heterocycles. The van der Waals surface area contributed by atoms with Crippen molar-refractivity contribution in [2.75, 3.05) is 0 Å². The summed E-state index contributed by atoms with van der Waals surface area (Å²) in [5.41, 5.74) is 5.02. The van der Waals surface area contributed by atoms with E-state index < -0.39 is 0 Å². The Morgan fingerprint density at radius 3 is 1.51 bits per heavy atom. The van der Waals surface area contributed by atoms with Crippen LogP contribution in [0.4, 0.5) is 0 Å². The van der Waals surface area contributed by atoms with Gasteiger partial charge in [-0.3, -0.25) is 6.08 Å². The number of allylic oxidation sites excluding steroid dienone is 4. The molecule has 4 rings (SSSR count). The summed E-state index contributed by atoms with van der Waals surface area (Å²) in [5.74, 6) is 0. The second kappa shape index (κ2) is 14.5. The quantitative estimate of drug-likeness (QED) is 0.380. The third-order valence-corrected chi connectivity index (χ3v) is 6.80. The van der Waals surface area contributed by atoms with Crippen LogP contribution in [0.5, 0.6) is 0 Å². The van der Waals surface area contributed by atoms with Gasteiger partial charge in [0.1, 0.15) is 0 Å². The van der Waals surface area contributed by atoms with Crippen molar-refractivity contribution in [3.05, 3.63) is 77.4 Å². The normalized spacial score (nSPS) is 13.1. The van der Waals surface area contributed by atoms with Gasteiger partial charge in [0, 0.05) is 0 Å². The molecule has 0 aromatic heterocycles. The van der Waals surface area contributed by atoms with E-state index in [9.17, 15) is 0 Å². The van der Waals surface area contributed by atoms with Crippen LogP contribution in [0.15, 0.2) is 60.2 Å². The van der Waals surface area contributed by atoms with Crippen LogP contribution in [-0.2, 0) is 35.1 Å². The van der Waals surface area contributed by atoms with Gasteiger partial charge in [-0.25, -0.2) is 6.08 Å². The Hall–Kier alpha value is -0.877. The third-order valence-electron chi connectivity index (χ3n) is 6.80. The molecule has 0 saturated heterocycles. The topological polar surface area (TPSA) is 0 Å². The Morgan fingerprint density at radius 1 is 0.811 bits per heavy atom. The number of hydrogen-bond acceptors (Lipinski definition) is 0. The van der Waals surface area contributed by atoms with Gasteiger partial charge in [-0.05, 0) is 10.8 Å². The Balaban J connectivity index is 0.000000684. The first kappa shape index (κ1) is 36.1. The SMILES string of the molecule is CC(C)(C)c1ccc2[cH-]c3ccc(C(C)(C)C)cc3c2c1.CCC(C)(C)C1=CC[C-]=C1.C[C](C)=[Zr+2].[Cl-].[Cl-]. The van der Waals surface area contributed by atoms with Crippen LogP contribution < -0.4 is 24.8 Å². The Labute approximate surface area is 254 Å². The number of benzene rings is 2. The van der Waals surface area contributed by atoms with Crippen molar-refractivity contribution in [2.45, 2.75) is 99.8 Å². The van der Waals surface area contributed by atoms with Gasteiger partial charge in [-0.1, -0.05) is 110 Å². The minimum atomic E-state index is 0. The molecule has 0 saturated carbocycles. The standard InChI is InChI=1S/C21H25.C10H15.C3H6.2ClH.Zr/c1-20(2,3)16-9-7-14-11-15-8-10-17(21(4,5)6)13-19(15)18(14)12-16;1-4-10(2,3)9-7-5-6-8-9;1-3-2;;;/h7-13H,1-6H3;7-8H,4-5H2,1-3H3;1-2H3;2*1H;/q2*-1;;;;+2/p-2. The first-order valence-corrected chi connectivity index (χ1v) is 14.2. The molecule has 0 amide bonds. The zero-order valence-corrected chi connectivity index (χ0v) is 28.8. The molecule has 0 fully saturated rings. The van der Waals surface area contributed by atoms with Gasteiger partial charge in [-0.2, -0.15) is 11.6 Å². The van der Waals surface area contributed by atoms with Crippen LogP contribution >= 0.6 is 0 Å². The van der Waals surface area contributed by atoms with Gasteiger partial charge in [-0.15, -0.1) is 46.2 Å². The van der Waals surface area contributed by atoms with E-state index in [1.165, 1.54) is 47.9 Å². The van der Waals surface area contributed by atoms with Crippen LogP contribution in [0.2, 0.25) is 0 Å². The predicted molar refractivity (Wildman–Crippen MR) is 155 cm³/mol.